The average molecular weight is 282 g/mol. The summed E-state index contributed by atoms with van der Waals surface area (Å²) in [6.07, 6.45) is 11.8. The zero-order valence-corrected chi connectivity index (χ0v) is 12.3. The van der Waals surface area contributed by atoms with E-state index < -0.39 is 5.60 Å². The van der Waals surface area contributed by atoms with Crippen molar-refractivity contribution in [1.29, 1.82) is 0 Å². The summed E-state index contributed by atoms with van der Waals surface area (Å²) in [5.74, 6) is 5.18. The summed E-state index contributed by atoms with van der Waals surface area (Å²) in [6.45, 7) is 0. The highest BCUT2D eigenvalue weighted by atomic mass is 16.3. The van der Waals surface area contributed by atoms with Gasteiger partial charge in [-0.2, -0.15) is 0 Å². The van der Waals surface area contributed by atoms with Crippen LogP contribution in [0.1, 0.15) is 49.1 Å². The molecule has 5 atom stereocenters. The lowest BCUT2D eigenvalue weighted by atomic mass is 9.59. The summed E-state index contributed by atoms with van der Waals surface area (Å²) >= 11 is 0. The third-order valence-corrected chi connectivity index (χ3v) is 6.37. The Morgan fingerprint density at radius 2 is 2.00 bits per heavy atom. The maximum Gasteiger partial charge on any atom is 0.128 e. The standard InChI is InChI=1S/C19H22O2/c1-2-19(21)10-9-17-16-5-3-12-11-13(20)4-6-14(12)15(16)7-8-18(17)19/h1,4,6,11,15-18,20-21H,3,5,7-10H2/t15?,16?,17?,18?,19-/m0/s1. The first kappa shape index (κ1) is 13.2. The number of hydrogen-bond acceptors (Lipinski definition) is 2. The number of phenolic OH excluding ortho intramolecular Hbond substituents is 1. The molecule has 3 aliphatic rings. The predicted molar refractivity (Wildman–Crippen MR) is 81.9 cm³/mol. The minimum Gasteiger partial charge on any atom is -0.508 e. The third kappa shape index (κ3) is 1.84. The Hall–Kier alpha value is -1.46. The molecule has 0 aromatic heterocycles. The third-order valence-electron chi connectivity index (χ3n) is 6.37. The van der Waals surface area contributed by atoms with Gasteiger partial charge in [0.2, 0.25) is 0 Å². The number of fused-ring (bicyclic) bond motifs is 5. The van der Waals surface area contributed by atoms with Crippen molar-refractivity contribution in [2.45, 2.75) is 50.0 Å². The monoisotopic (exact) mass is 282 g/mol. The van der Waals surface area contributed by atoms with E-state index in [2.05, 4.69) is 12.0 Å². The number of aromatic hydroxyl groups is 1. The average Bonchev–Trinajstić information content (AvgIpc) is 2.85. The van der Waals surface area contributed by atoms with Gasteiger partial charge in [0, 0.05) is 5.92 Å². The molecule has 2 nitrogen and oxygen atoms in total. The second-order valence-electron chi connectivity index (χ2n) is 7.15. The van der Waals surface area contributed by atoms with E-state index in [1.54, 1.807) is 0 Å². The van der Waals surface area contributed by atoms with Gasteiger partial charge in [-0.3, -0.25) is 0 Å². The Morgan fingerprint density at radius 3 is 2.81 bits per heavy atom. The highest BCUT2D eigenvalue weighted by Gasteiger charge is 2.53. The van der Waals surface area contributed by atoms with Crippen molar-refractivity contribution in [3.8, 4) is 18.1 Å². The van der Waals surface area contributed by atoms with Gasteiger partial charge >= 0.3 is 0 Å². The first-order valence-corrected chi connectivity index (χ1v) is 8.14. The molecule has 1 aromatic carbocycles. The Morgan fingerprint density at radius 1 is 1.14 bits per heavy atom. The summed E-state index contributed by atoms with van der Waals surface area (Å²) in [4.78, 5) is 0. The van der Waals surface area contributed by atoms with Crippen LogP contribution in [-0.4, -0.2) is 15.8 Å². The van der Waals surface area contributed by atoms with E-state index in [1.807, 2.05) is 12.1 Å². The first-order chi connectivity index (χ1) is 10.1. The van der Waals surface area contributed by atoms with Gasteiger partial charge in [0.15, 0.2) is 0 Å². The normalized spacial score (nSPS) is 40.8. The van der Waals surface area contributed by atoms with Gasteiger partial charge in [0.05, 0.1) is 0 Å². The zero-order valence-electron chi connectivity index (χ0n) is 12.3. The fourth-order valence-corrected chi connectivity index (χ4v) is 5.44. The van der Waals surface area contributed by atoms with Crippen molar-refractivity contribution < 1.29 is 10.2 Å². The van der Waals surface area contributed by atoms with Crippen molar-refractivity contribution in [3.63, 3.8) is 0 Å². The van der Waals surface area contributed by atoms with Crippen molar-refractivity contribution in [1.82, 2.24) is 0 Å². The molecule has 4 rings (SSSR count). The Bertz CT molecular complexity index is 614. The molecular weight excluding hydrogens is 260 g/mol. The lowest BCUT2D eigenvalue weighted by Crippen LogP contribution is -2.41. The minimum atomic E-state index is -0.856. The van der Waals surface area contributed by atoms with Gasteiger partial charge in [-0.15, -0.1) is 6.42 Å². The molecule has 0 saturated heterocycles. The zero-order chi connectivity index (χ0) is 14.6. The summed E-state index contributed by atoms with van der Waals surface area (Å²) in [7, 11) is 0. The van der Waals surface area contributed by atoms with Crippen LogP contribution in [0.3, 0.4) is 0 Å². The van der Waals surface area contributed by atoms with E-state index in [-0.39, 0.29) is 0 Å². The van der Waals surface area contributed by atoms with Crippen LogP contribution in [0.2, 0.25) is 0 Å². The van der Waals surface area contributed by atoms with Gasteiger partial charge in [0.1, 0.15) is 11.4 Å². The van der Waals surface area contributed by atoms with Crippen LogP contribution in [0.4, 0.5) is 0 Å². The first-order valence-electron chi connectivity index (χ1n) is 8.14. The SMILES string of the molecule is C#C[C@]1(O)CCC2C3CCc4cc(O)ccc4C3CCC21. The molecule has 2 N–H and O–H groups in total. The van der Waals surface area contributed by atoms with E-state index in [4.69, 9.17) is 6.42 Å². The number of terminal acetylenes is 1. The van der Waals surface area contributed by atoms with Crippen molar-refractivity contribution in [3.05, 3.63) is 29.3 Å². The van der Waals surface area contributed by atoms with Crippen LogP contribution in [0.15, 0.2) is 18.2 Å². The van der Waals surface area contributed by atoms with E-state index in [0.717, 1.165) is 32.1 Å². The van der Waals surface area contributed by atoms with Crippen LogP contribution in [0.25, 0.3) is 0 Å². The minimum absolute atomic E-state index is 0.294. The summed E-state index contributed by atoms with van der Waals surface area (Å²) < 4.78 is 0. The number of phenols is 1. The fourth-order valence-electron chi connectivity index (χ4n) is 5.44. The van der Waals surface area contributed by atoms with Crippen LogP contribution in [0, 0.1) is 30.1 Å². The highest BCUT2D eigenvalue weighted by molar-refractivity contribution is 5.40. The second-order valence-corrected chi connectivity index (χ2v) is 7.15. The van der Waals surface area contributed by atoms with Gasteiger partial charge in [-0.05, 0) is 79.5 Å². The summed E-state index contributed by atoms with van der Waals surface area (Å²) in [5.41, 5.74) is 1.89. The van der Waals surface area contributed by atoms with Crippen molar-refractivity contribution in [2.75, 3.05) is 0 Å². The largest absolute Gasteiger partial charge is 0.508 e. The van der Waals surface area contributed by atoms with Gasteiger partial charge in [0.25, 0.3) is 0 Å². The quantitative estimate of drug-likeness (QED) is 0.717. The molecular formula is C19H22O2. The molecule has 110 valence electrons. The number of aryl methyl sites for hydroxylation is 1. The number of rotatable bonds is 0. The molecule has 1 aromatic rings. The van der Waals surface area contributed by atoms with Crippen LogP contribution in [-0.2, 0) is 6.42 Å². The molecule has 0 heterocycles. The van der Waals surface area contributed by atoms with E-state index >= 15 is 0 Å². The lowest BCUT2D eigenvalue weighted by Gasteiger charge is -2.45. The lowest BCUT2D eigenvalue weighted by molar-refractivity contribution is 0.00945. The van der Waals surface area contributed by atoms with Crippen molar-refractivity contribution >= 4 is 0 Å². The number of benzene rings is 1. The topological polar surface area (TPSA) is 40.5 Å². The van der Waals surface area contributed by atoms with Crippen molar-refractivity contribution in [2.24, 2.45) is 17.8 Å². The Labute approximate surface area is 126 Å². The van der Waals surface area contributed by atoms with E-state index in [1.165, 1.54) is 17.5 Å². The fraction of sp³-hybridized carbons (Fsp3) is 0.579. The Balaban J connectivity index is 1.68. The molecule has 0 amide bonds. The number of hydrogen-bond donors (Lipinski definition) is 2. The molecule has 2 saturated carbocycles. The Kier molecular flexibility index (Phi) is 2.84. The van der Waals surface area contributed by atoms with E-state index in [0.29, 0.717) is 29.4 Å². The van der Waals surface area contributed by atoms with Crippen LogP contribution < -0.4 is 0 Å². The maximum absolute atomic E-state index is 10.6. The van der Waals surface area contributed by atoms with Gasteiger partial charge < -0.3 is 10.2 Å². The highest BCUT2D eigenvalue weighted by Crippen LogP contribution is 2.57. The second kappa shape index (κ2) is 4.52. The molecule has 3 aliphatic carbocycles. The summed E-state index contributed by atoms with van der Waals surface area (Å²) in [6, 6.07) is 5.87. The number of aliphatic hydroxyl groups is 1. The molecule has 2 heteroatoms. The van der Waals surface area contributed by atoms with Crippen LogP contribution >= 0.6 is 0 Å². The molecule has 0 bridgehead atoms. The molecule has 0 aliphatic heterocycles. The smallest absolute Gasteiger partial charge is 0.128 e. The molecule has 4 unspecified atom stereocenters. The maximum atomic E-state index is 10.6. The molecule has 0 spiro atoms. The van der Waals surface area contributed by atoms with Crippen LogP contribution in [0.5, 0.6) is 5.75 Å². The van der Waals surface area contributed by atoms with E-state index in [9.17, 15) is 10.2 Å². The summed E-state index contributed by atoms with van der Waals surface area (Å²) in [5, 5.41) is 20.3. The molecule has 2 fully saturated rings. The molecule has 0 radical (unpaired) electrons. The van der Waals surface area contributed by atoms with Gasteiger partial charge in [-0.25, -0.2) is 0 Å². The predicted octanol–water partition coefficient (Wildman–Crippen LogP) is 3.22. The van der Waals surface area contributed by atoms with Gasteiger partial charge in [-0.1, -0.05) is 12.0 Å². The molecule has 21 heavy (non-hydrogen) atoms.